The fourth-order valence-corrected chi connectivity index (χ4v) is 3.52. The van der Waals surface area contributed by atoms with E-state index in [-0.39, 0.29) is 18.4 Å². The fourth-order valence-electron chi connectivity index (χ4n) is 1.83. The molecule has 2 aliphatic rings. The van der Waals surface area contributed by atoms with Crippen LogP contribution in [-0.2, 0) is 9.84 Å². The summed E-state index contributed by atoms with van der Waals surface area (Å²) in [5.74, 6) is 0.751. The predicted octanol–water partition coefficient (Wildman–Crippen LogP) is 0.737. The molecule has 0 aromatic carbocycles. The van der Waals surface area contributed by atoms with E-state index in [1.54, 1.807) is 0 Å². The lowest BCUT2D eigenvalue weighted by Gasteiger charge is -2.29. The van der Waals surface area contributed by atoms with Crippen molar-refractivity contribution in [1.29, 1.82) is 0 Å². The summed E-state index contributed by atoms with van der Waals surface area (Å²) in [4.78, 5) is 0. The molecule has 1 heterocycles. The zero-order chi connectivity index (χ0) is 8.60. The Bertz CT molecular complexity index is 261. The first-order valence-corrected chi connectivity index (χ1v) is 6.44. The summed E-state index contributed by atoms with van der Waals surface area (Å²) in [5.41, 5.74) is 0. The van der Waals surface area contributed by atoms with E-state index in [0.717, 1.165) is 6.42 Å². The monoisotopic (exact) mass is 225 g/mol. The first kappa shape index (κ1) is 11.3. The molecule has 2 fully saturated rings. The van der Waals surface area contributed by atoms with E-state index >= 15 is 0 Å². The van der Waals surface area contributed by atoms with Crippen LogP contribution in [0.15, 0.2) is 0 Å². The SMILES string of the molecule is Cl.O=S1(=O)CCC(NC2CCC2)C1. The average Bonchev–Trinajstić information content (AvgIpc) is 2.21. The van der Waals surface area contributed by atoms with Gasteiger partial charge in [0.15, 0.2) is 9.84 Å². The highest BCUT2D eigenvalue weighted by molar-refractivity contribution is 7.91. The van der Waals surface area contributed by atoms with Crippen LogP contribution >= 0.6 is 12.4 Å². The molecule has 3 nitrogen and oxygen atoms in total. The van der Waals surface area contributed by atoms with Gasteiger partial charge < -0.3 is 5.32 Å². The Labute approximate surface area is 85.6 Å². The third-order valence-electron chi connectivity index (χ3n) is 2.81. The van der Waals surface area contributed by atoms with E-state index in [4.69, 9.17) is 0 Å². The van der Waals surface area contributed by atoms with E-state index in [2.05, 4.69) is 5.32 Å². The number of nitrogens with one attached hydrogen (secondary N) is 1. The van der Waals surface area contributed by atoms with E-state index in [0.29, 0.717) is 17.5 Å². The molecule has 0 aromatic heterocycles. The maximum Gasteiger partial charge on any atom is 0.151 e. The van der Waals surface area contributed by atoms with Gasteiger partial charge in [-0.2, -0.15) is 0 Å². The summed E-state index contributed by atoms with van der Waals surface area (Å²) in [6, 6.07) is 0.864. The maximum absolute atomic E-state index is 11.1. The Balaban J connectivity index is 0.000000845. The highest BCUT2D eigenvalue weighted by Gasteiger charge is 2.30. The smallest absolute Gasteiger partial charge is 0.151 e. The van der Waals surface area contributed by atoms with Gasteiger partial charge in [-0.05, 0) is 19.3 Å². The Morgan fingerprint density at radius 2 is 1.77 bits per heavy atom. The van der Waals surface area contributed by atoms with Crippen LogP contribution in [0.2, 0.25) is 0 Å². The fraction of sp³-hybridized carbons (Fsp3) is 1.00. The zero-order valence-electron chi connectivity index (χ0n) is 7.53. The van der Waals surface area contributed by atoms with E-state index in [9.17, 15) is 8.42 Å². The van der Waals surface area contributed by atoms with Crippen LogP contribution in [0.25, 0.3) is 0 Å². The molecule has 1 N–H and O–H groups in total. The Morgan fingerprint density at radius 1 is 1.08 bits per heavy atom. The van der Waals surface area contributed by atoms with Gasteiger partial charge in [0.1, 0.15) is 0 Å². The van der Waals surface area contributed by atoms with Gasteiger partial charge in [0.05, 0.1) is 11.5 Å². The number of halogens is 1. The second kappa shape index (κ2) is 4.15. The van der Waals surface area contributed by atoms with Crippen molar-refractivity contribution in [3.8, 4) is 0 Å². The van der Waals surface area contributed by atoms with Gasteiger partial charge in [0.2, 0.25) is 0 Å². The topological polar surface area (TPSA) is 46.2 Å². The number of sulfone groups is 1. The minimum Gasteiger partial charge on any atom is -0.310 e. The van der Waals surface area contributed by atoms with Gasteiger partial charge in [-0.3, -0.25) is 0 Å². The Kier molecular flexibility index (Phi) is 3.60. The molecule has 5 heteroatoms. The molecule has 1 aliphatic heterocycles. The van der Waals surface area contributed by atoms with Crippen molar-refractivity contribution < 1.29 is 8.42 Å². The van der Waals surface area contributed by atoms with Crippen LogP contribution in [0.1, 0.15) is 25.7 Å². The predicted molar refractivity (Wildman–Crippen MR) is 55.1 cm³/mol. The van der Waals surface area contributed by atoms with E-state index in [1.165, 1.54) is 19.3 Å². The third-order valence-corrected chi connectivity index (χ3v) is 4.58. The highest BCUT2D eigenvalue weighted by Crippen LogP contribution is 2.21. The molecule has 0 radical (unpaired) electrons. The zero-order valence-corrected chi connectivity index (χ0v) is 9.16. The van der Waals surface area contributed by atoms with Crippen LogP contribution in [0, 0.1) is 0 Å². The van der Waals surface area contributed by atoms with Crippen molar-refractivity contribution in [2.24, 2.45) is 0 Å². The minimum atomic E-state index is -2.69. The molecule has 1 aliphatic carbocycles. The van der Waals surface area contributed by atoms with Crippen molar-refractivity contribution in [1.82, 2.24) is 5.32 Å². The van der Waals surface area contributed by atoms with Gasteiger partial charge in [-0.1, -0.05) is 6.42 Å². The van der Waals surface area contributed by atoms with E-state index in [1.807, 2.05) is 0 Å². The molecule has 0 bridgehead atoms. The summed E-state index contributed by atoms with van der Waals surface area (Å²) in [6.07, 6.45) is 4.59. The lowest BCUT2D eigenvalue weighted by Crippen LogP contribution is -2.42. The summed E-state index contributed by atoms with van der Waals surface area (Å²) in [7, 11) is -2.69. The van der Waals surface area contributed by atoms with Crippen LogP contribution in [-0.4, -0.2) is 32.0 Å². The Morgan fingerprint density at radius 3 is 2.15 bits per heavy atom. The molecule has 1 unspecified atom stereocenters. The maximum atomic E-state index is 11.1. The normalized spacial score (nSPS) is 32.2. The lowest BCUT2D eigenvalue weighted by atomic mass is 9.92. The van der Waals surface area contributed by atoms with E-state index < -0.39 is 9.84 Å². The summed E-state index contributed by atoms with van der Waals surface area (Å²) >= 11 is 0. The minimum absolute atomic E-state index is 0. The molecule has 1 saturated carbocycles. The summed E-state index contributed by atoms with van der Waals surface area (Å²) in [5, 5.41) is 3.39. The van der Waals surface area contributed by atoms with Crippen molar-refractivity contribution in [2.45, 2.75) is 37.8 Å². The third kappa shape index (κ3) is 2.82. The Hall–Kier alpha value is 0.200. The lowest BCUT2D eigenvalue weighted by molar-refractivity contribution is 0.313. The van der Waals surface area contributed by atoms with Crippen LogP contribution < -0.4 is 5.32 Å². The second-order valence-corrected chi connectivity index (χ2v) is 6.12. The van der Waals surface area contributed by atoms with Crippen molar-refractivity contribution in [2.75, 3.05) is 11.5 Å². The molecule has 2 rings (SSSR count). The van der Waals surface area contributed by atoms with Crippen molar-refractivity contribution in [3.05, 3.63) is 0 Å². The first-order chi connectivity index (χ1) is 5.66. The highest BCUT2D eigenvalue weighted by atomic mass is 35.5. The van der Waals surface area contributed by atoms with Gasteiger partial charge in [0.25, 0.3) is 0 Å². The molecular formula is C8H16ClNO2S. The largest absolute Gasteiger partial charge is 0.310 e. The van der Waals surface area contributed by atoms with Crippen molar-refractivity contribution in [3.63, 3.8) is 0 Å². The average molecular weight is 226 g/mol. The van der Waals surface area contributed by atoms with Crippen LogP contribution in [0.4, 0.5) is 0 Å². The summed E-state index contributed by atoms with van der Waals surface area (Å²) < 4.78 is 22.2. The number of hydrogen-bond acceptors (Lipinski definition) is 3. The molecule has 1 atom stereocenters. The van der Waals surface area contributed by atoms with Gasteiger partial charge in [-0.15, -0.1) is 12.4 Å². The molecule has 0 aromatic rings. The van der Waals surface area contributed by atoms with Gasteiger partial charge in [0, 0.05) is 12.1 Å². The standard InChI is InChI=1S/C8H15NO2S.ClH/c10-12(11)5-4-8(6-12)9-7-2-1-3-7;/h7-9H,1-6H2;1H. The van der Waals surface area contributed by atoms with Gasteiger partial charge >= 0.3 is 0 Å². The molecule has 78 valence electrons. The van der Waals surface area contributed by atoms with Crippen LogP contribution in [0.3, 0.4) is 0 Å². The molecule has 0 spiro atoms. The quantitative estimate of drug-likeness (QED) is 0.754. The number of rotatable bonds is 2. The second-order valence-electron chi connectivity index (χ2n) is 3.89. The van der Waals surface area contributed by atoms with Crippen molar-refractivity contribution >= 4 is 22.2 Å². The number of hydrogen-bond donors (Lipinski definition) is 1. The summed E-state index contributed by atoms with van der Waals surface area (Å²) in [6.45, 7) is 0. The van der Waals surface area contributed by atoms with Crippen LogP contribution in [0.5, 0.6) is 0 Å². The molecule has 13 heavy (non-hydrogen) atoms. The molecule has 0 amide bonds. The molecule has 1 saturated heterocycles. The molecular weight excluding hydrogens is 210 g/mol. The first-order valence-electron chi connectivity index (χ1n) is 4.62. The van der Waals surface area contributed by atoms with Gasteiger partial charge in [-0.25, -0.2) is 8.42 Å².